The van der Waals surface area contributed by atoms with Crippen LogP contribution < -0.4 is 5.32 Å². The third kappa shape index (κ3) is 3.35. The van der Waals surface area contributed by atoms with Crippen LogP contribution in [0.15, 0.2) is 17.6 Å². The Balaban J connectivity index is 2.17. The summed E-state index contributed by atoms with van der Waals surface area (Å²) in [5.74, 6) is -0.294. The van der Waals surface area contributed by atoms with Gasteiger partial charge in [0, 0.05) is 22.7 Å². The van der Waals surface area contributed by atoms with Crippen LogP contribution in [0.3, 0.4) is 0 Å². The van der Waals surface area contributed by atoms with Crippen LogP contribution in [0.4, 0.5) is 5.13 Å². The SMILES string of the molecule is Cc1cc(Cl)c(C(=O)Nc2nc(C(C)(C)C)cs2)cn1. The number of aromatic nitrogens is 2. The van der Waals surface area contributed by atoms with Crippen LogP contribution in [0.1, 0.15) is 42.5 Å². The van der Waals surface area contributed by atoms with E-state index < -0.39 is 0 Å². The van der Waals surface area contributed by atoms with E-state index in [1.165, 1.54) is 17.5 Å². The minimum absolute atomic E-state index is 0.0391. The van der Waals surface area contributed by atoms with Crippen molar-refractivity contribution in [2.45, 2.75) is 33.1 Å². The van der Waals surface area contributed by atoms with E-state index in [-0.39, 0.29) is 11.3 Å². The summed E-state index contributed by atoms with van der Waals surface area (Å²) in [6.07, 6.45) is 1.48. The molecule has 20 heavy (non-hydrogen) atoms. The van der Waals surface area contributed by atoms with E-state index in [0.29, 0.717) is 15.7 Å². The zero-order valence-electron chi connectivity index (χ0n) is 11.8. The minimum atomic E-state index is -0.294. The predicted molar refractivity (Wildman–Crippen MR) is 82.8 cm³/mol. The average molecular weight is 310 g/mol. The van der Waals surface area contributed by atoms with Crippen molar-refractivity contribution in [2.24, 2.45) is 0 Å². The molecular weight excluding hydrogens is 294 g/mol. The summed E-state index contributed by atoms with van der Waals surface area (Å²) >= 11 is 7.45. The van der Waals surface area contributed by atoms with E-state index in [0.717, 1.165) is 11.4 Å². The van der Waals surface area contributed by atoms with E-state index in [1.54, 1.807) is 6.07 Å². The van der Waals surface area contributed by atoms with Crippen LogP contribution in [-0.4, -0.2) is 15.9 Å². The molecule has 0 bridgehead atoms. The summed E-state index contributed by atoms with van der Waals surface area (Å²) in [6, 6.07) is 1.67. The second-order valence-electron chi connectivity index (χ2n) is 5.55. The zero-order chi connectivity index (χ0) is 14.9. The summed E-state index contributed by atoms with van der Waals surface area (Å²) in [5.41, 5.74) is 2.04. The number of nitrogens with zero attached hydrogens (tertiary/aromatic N) is 2. The first-order valence-corrected chi connectivity index (χ1v) is 7.42. The van der Waals surface area contributed by atoms with E-state index in [1.807, 2.05) is 12.3 Å². The predicted octanol–water partition coefficient (Wildman–Crippen LogP) is 4.05. The van der Waals surface area contributed by atoms with Crippen LogP contribution in [0.2, 0.25) is 5.02 Å². The van der Waals surface area contributed by atoms with Crippen LogP contribution >= 0.6 is 22.9 Å². The zero-order valence-corrected chi connectivity index (χ0v) is 13.4. The van der Waals surface area contributed by atoms with Crippen molar-refractivity contribution in [3.8, 4) is 0 Å². The van der Waals surface area contributed by atoms with Gasteiger partial charge in [-0.2, -0.15) is 0 Å². The number of hydrogen-bond acceptors (Lipinski definition) is 4. The maximum absolute atomic E-state index is 12.1. The minimum Gasteiger partial charge on any atom is -0.298 e. The average Bonchev–Trinajstić information content (AvgIpc) is 2.76. The lowest BCUT2D eigenvalue weighted by molar-refractivity contribution is 0.102. The highest BCUT2D eigenvalue weighted by molar-refractivity contribution is 7.14. The molecule has 6 heteroatoms. The van der Waals surface area contributed by atoms with Gasteiger partial charge in [-0.3, -0.25) is 15.1 Å². The fourth-order valence-electron chi connectivity index (χ4n) is 1.53. The number of nitrogens with one attached hydrogen (secondary N) is 1. The molecule has 0 saturated heterocycles. The number of anilines is 1. The molecule has 2 heterocycles. The van der Waals surface area contributed by atoms with Gasteiger partial charge in [-0.05, 0) is 13.0 Å². The Morgan fingerprint density at radius 3 is 2.65 bits per heavy atom. The van der Waals surface area contributed by atoms with Crippen LogP contribution in [0, 0.1) is 6.92 Å². The highest BCUT2D eigenvalue weighted by Gasteiger charge is 2.19. The van der Waals surface area contributed by atoms with Gasteiger partial charge < -0.3 is 0 Å². The molecule has 1 amide bonds. The third-order valence-corrected chi connectivity index (χ3v) is 3.80. The summed E-state index contributed by atoms with van der Waals surface area (Å²) < 4.78 is 0. The van der Waals surface area contributed by atoms with Crippen molar-refractivity contribution in [3.05, 3.63) is 39.6 Å². The standard InChI is InChI=1S/C14H16ClN3OS/c1-8-5-10(15)9(6-16-8)12(19)18-13-17-11(7-20-13)14(2,3)4/h5-7H,1-4H3,(H,17,18,19). The number of halogens is 1. The highest BCUT2D eigenvalue weighted by atomic mass is 35.5. The van der Waals surface area contributed by atoms with Gasteiger partial charge in [-0.25, -0.2) is 4.98 Å². The lowest BCUT2D eigenvalue weighted by atomic mass is 9.93. The normalized spacial score (nSPS) is 11.4. The molecule has 0 aromatic carbocycles. The largest absolute Gasteiger partial charge is 0.298 e. The van der Waals surface area contributed by atoms with Gasteiger partial charge in [0.05, 0.1) is 16.3 Å². The van der Waals surface area contributed by atoms with Crippen molar-refractivity contribution in [2.75, 3.05) is 5.32 Å². The molecule has 0 aliphatic heterocycles. The van der Waals surface area contributed by atoms with Crippen molar-refractivity contribution < 1.29 is 4.79 Å². The van der Waals surface area contributed by atoms with E-state index in [4.69, 9.17) is 11.6 Å². The van der Waals surface area contributed by atoms with Crippen molar-refractivity contribution >= 4 is 34.0 Å². The summed E-state index contributed by atoms with van der Waals surface area (Å²) in [7, 11) is 0. The molecule has 2 aromatic rings. The molecule has 0 radical (unpaired) electrons. The molecule has 106 valence electrons. The number of rotatable bonds is 2. The summed E-state index contributed by atoms with van der Waals surface area (Å²) in [5, 5.41) is 5.66. The number of aryl methyl sites for hydroxylation is 1. The molecule has 0 fully saturated rings. The van der Waals surface area contributed by atoms with Crippen LogP contribution in [0.5, 0.6) is 0 Å². The Morgan fingerprint density at radius 1 is 1.40 bits per heavy atom. The number of carbonyl (C=O) groups is 1. The first-order chi connectivity index (χ1) is 9.27. The van der Waals surface area contributed by atoms with Crippen molar-refractivity contribution in [1.82, 2.24) is 9.97 Å². The quantitative estimate of drug-likeness (QED) is 0.910. The molecule has 2 aromatic heterocycles. The number of hydrogen-bond donors (Lipinski definition) is 1. The van der Waals surface area contributed by atoms with Crippen LogP contribution in [0.25, 0.3) is 0 Å². The highest BCUT2D eigenvalue weighted by Crippen LogP contribution is 2.27. The van der Waals surface area contributed by atoms with Gasteiger partial charge in [-0.15, -0.1) is 11.3 Å². The van der Waals surface area contributed by atoms with Crippen LogP contribution in [-0.2, 0) is 5.41 Å². The lowest BCUT2D eigenvalue weighted by Crippen LogP contribution is -2.15. The number of thiazole rings is 1. The van der Waals surface area contributed by atoms with Gasteiger partial charge in [0.25, 0.3) is 5.91 Å². The second kappa shape index (κ2) is 5.50. The smallest absolute Gasteiger partial charge is 0.260 e. The molecule has 0 spiro atoms. The van der Waals surface area contributed by atoms with Gasteiger partial charge in [0.15, 0.2) is 5.13 Å². The molecule has 0 atom stereocenters. The van der Waals surface area contributed by atoms with Gasteiger partial charge in [-0.1, -0.05) is 32.4 Å². The number of pyridine rings is 1. The number of carbonyl (C=O) groups excluding carboxylic acids is 1. The van der Waals surface area contributed by atoms with E-state index in [2.05, 4.69) is 36.1 Å². The first-order valence-electron chi connectivity index (χ1n) is 6.17. The topological polar surface area (TPSA) is 54.9 Å². The monoisotopic (exact) mass is 309 g/mol. The van der Waals surface area contributed by atoms with E-state index >= 15 is 0 Å². The Morgan fingerprint density at radius 2 is 2.10 bits per heavy atom. The summed E-state index contributed by atoms with van der Waals surface area (Å²) in [4.78, 5) is 20.6. The molecule has 0 unspecified atom stereocenters. The molecule has 4 nitrogen and oxygen atoms in total. The number of amides is 1. The molecule has 0 saturated carbocycles. The Kier molecular flexibility index (Phi) is 4.11. The van der Waals surface area contributed by atoms with E-state index in [9.17, 15) is 4.79 Å². The maximum Gasteiger partial charge on any atom is 0.260 e. The second-order valence-corrected chi connectivity index (χ2v) is 6.81. The Hall–Kier alpha value is -1.46. The first kappa shape index (κ1) is 14.9. The van der Waals surface area contributed by atoms with Gasteiger partial charge in [0.2, 0.25) is 0 Å². The van der Waals surface area contributed by atoms with Crippen molar-refractivity contribution in [3.63, 3.8) is 0 Å². The lowest BCUT2D eigenvalue weighted by Gasteiger charge is -2.14. The molecule has 1 N–H and O–H groups in total. The maximum atomic E-state index is 12.1. The Bertz CT molecular complexity index is 646. The third-order valence-electron chi connectivity index (χ3n) is 2.73. The molecule has 2 rings (SSSR count). The van der Waals surface area contributed by atoms with Crippen molar-refractivity contribution in [1.29, 1.82) is 0 Å². The fraction of sp³-hybridized carbons (Fsp3) is 0.357. The van der Waals surface area contributed by atoms with Gasteiger partial charge >= 0.3 is 0 Å². The summed E-state index contributed by atoms with van der Waals surface area (Å²) in [6.45, 7) is 8.06. The fourth-order valence-corrected chi connectivity index (χ4v) is 2.76. The molecule has 0 aliphatic rings. The molecule has 0 aliphatic carbocycles. The van der Waals surface area contributed by atoms with Gasteiger partial charge in [0.1, 0.15) is 0 Å². The molecular formula is C14H16ClN3OS. The Labute approximate surface area is 127 Å².